The molecule has 2 aliphatic rings. The molecule has 170 valence electrons. The Hall–Kier alpha value is -2.12. The summed E-state index contributed by atoms with van der Waals surface area (Å²) in [6.45, 7) is 7.22. The van der Waals surface area contributed by atoms with Crippen LogP contribution in [0, 0.1) is 0 Å². The number of nitrogens with zero attached hydrogens (tertiary/aromatic N) is 3. The molecule has 1 aromatic carbocycles. The number of amides is 1. The zero-order chi connectivity index (χ0) is 22.7. The highest BCUT2D eigenvalue weighted by Crippen LogP contribution is 2.37. The van der Waals surface area contributed by atoms with E-state index in [0.717, 1.165) is 61.8 Å². The molecule has 2 saturated heterocycles. The van der Waals surface area contributed by atoms with Gasteiger partial charge in [-0.1, -0.05) is 61.9 Å². The Labute approximate surface area is 199 Å². The molecule has 1 amide bonds. The van der Waals surface area contributed by atoms with E-state index < -0.39 is 0 Å². The number of fused-ring (bicyclic) bond motifs is 1. The average Bonchev–Trinajstić information content (AvgIpc) is 3.08. The van der Waals surface area contributed by atoms with Crippen molar-refractivity contribution in [3.63, 3.8) is 0 Å². The van der Waals surface area contributed by atoms with Gasteiger partial charge in [-0.2, -0.15) is 0 Å². The maximum atomic E-state index is 13.7. The summed E-state index contributed by atoms with van der Waals surface area (Å²) >= 11 is 6.83. The van der Waals surface area contributed by atoms with Crippen molar-refractivity contribution >= 4 is 56.9 Å². The van der Waals surface area contributed by atoms with Crippen LogP contribution in [0.15, 0.2) is 34.0 Å². The Balaban J connectivity index is 1.85. The lowest BCUT2D eigenvalue weighted by Crippen LogP contribution is -2.34. The first-order valence-corrected chi connectivity index (χ1v) is 12.9. The molecular weight excluding hydrogens is 438 g/mol. The van der Waals surface area contributed by atoms with Crippen molar-refractivity contribution in [3.8, 4) is 0 Å². The number of hydrogen-bond donors (Lipinski definition) is 0. The smallest absolute Gasteiger partial charge is 0.266 e. The van der Waals surface area contributed by atoms with E-state index in [2.05, 4.69) is 17.9 Å². The number of carbonyl (C=O) groups excluding carboxylic acids is 1. The normalized spacial score (nSPS) is 18.4. The van der Waals surface area contributed by atoms with Gasteiger partial charge in [0, 0.05) is 31.6 Å². The third-order valence-electron chi connectivity index (χ3n) is 6.30. The third-order valence-corrected chi connectivity index (χ3v) is 7.68. The van der Waals surface area contributed by atoms with E-state index >= 15 is 0 Å². The topological polar surface area (TPSA) is 45.6 Å². The summed E-state index contributed by atoms with van der Waals surface area (Å²) in [6.07, 6.45) is 8.36. The van der Waals surface area contributed by atoms with Crippen LogP contribution in [0.25, 0.3) is 17.0 Å². The van der Waals surface area contributed by atoms with Crippen LogP contribution in [0.4, 0.5) is 5.69 Å². The number of pyridine rings is 1. The van der Waals surface area contributed by atoms with Gasteiger partial charge >= 0.3 is 0 Å². The van der Waals surface area contributed by atoms with Gasteiger partial charge in [0.1, 0.15) is 4.32 Å². The Bertz CT molecular complexity index is 1120. The average molecular weight is 470 g/mol. The van der Waals surface area contributed by atoms with Gasteiger partial charge in [0.05, 0.1) is 21.7 Å². The third kappa shape index (κ3) is 4.37. The monoisotopic (exact) mass is 469 g/mol. The number of hydrogen-bond acceptors (Lipinski definition) is 5. The van der Waals surface area contributed by atoms with Crippen molar-refractivity contribution < 1.29 is 4.79 Å². The number of piperidine rings is 1. The summed E-state index contributed by atoms with van der Waals surface area (Å²) < 4.78 is 2.41. The predicted molar refractivity (Wildman–Crippen MR) is 139 cm³/mol. The molecule has 0 atom stereocenters. The molecule has 2 aliphatic heterocycles. The molecule has 2 fully saturated rings. The zero-order valence-electron chi connectivity index (χ0n) is 18.9. The number of unbranched alkanes of at least 4 members (excludes halogenated alkanes) is 2. The Morgan fingerprint density at radius 2 is 1.81 bits per heavy atom. The van der Waals surface area contributed by atoms with E-state index in [0.29, 0.717) is 27.9 Å². The first kappa shape index (κ1) is 23.1. The fourth-order valence-electron chi connectivity index (χ4n) is 4.66. The lowest BCUT2D eigenvalue weighted by atomic mass is 10.0. The molecule has 3 heterocycles. The maximum absolute atomic E-state index is 13.7. The fourth-order valence-corrected chi connectivity index (χ4v) is 5.95. The molecule has 0 saturated carbocycles. The molecule has 0 spiro atoms. The quantitative estimate of drug-likeness (QED) is 0.309. The molecule has 0 unspecified atom stereocenters. The largest absolute Gasteiger partial charge is 0.370 e. The fraction of sp³-hybridized carbons (Fsp3) is 0.480. The van der Waals surface area contributed by atoms with E-state index in [1.165, 1.54) is 18.2 Å². The molecule has 0 radical (unpaired) electrons. The first-order chi connectivity index (χ1) is 15.6. The van der Waals surface area contributed by atoms with Gasteiger partial charge in [-0.25, -0.2) is 0 Å². The number of carbonyl (C=O) groups is 1. The second kappa shape index (κ2) is 10.2. The van der Waals surface area contributed by atoms with Gasteiger partial charge in [0.15, 0.2) is 0 Å². The molecule has 1 aromatic heterocycles. The minimum atomic E-state index is -0.0729. The van der Waals surface area contributed by atoms with Crippen molar-refractivity contribution in [1.29, 1.82) is 0 Å². The highest BCUT2D eigenvalue weighted by atomic mass is 32.2. The highest BCUT2D eigenvalue weighted by molar-refractivity contribution is 8.26. The molecule has 32 heavy (non-hydrogen) atoms. The number of aryl methyl sites for hydroxylation is 1. The number of thiocarbonyl (C=S) groups is 1. The lowest BCUT2D eigenvalue weighted by Gasteiger charge is -2.31. The summed E-state index contributed by atoms with van der Waals surface area (Å²) in [5, 5.41) is 1.07. The lowest BCUT2D eigenvalue weighted by molar-refractivity contribution is -0.122. The van der Waals surface area contributed by atoms with E-state index in [1.54, 1.807) is 4.90 Å². The van der Waals surface area contributed by atoms with E-state index in [9.17, 15) is 9.59 Å². The number of para-hydroxylation sites is 1. The van der Waals surface area contributed by atoms with Gasteiger partial charge in [0.2, 0.25) is 0 Å². The van der Waals surface area contributed by atoms with Crippen LogP contribution in [-0.2, 0) is 11.3 Å². The SMILES string of the molecule is CCCCCN1C(=O)C(=Cc2c(N3CCCCC3)c3ccccc3n(CC)c2=O)SC1=S. The van der Waals surface area contributed by atoms with E-state index in [4.69, 9.17) is 12.2 Å². The summed E-state index contributed by atoms with van der Waals surface area (Å²) in [5.74, 6) is -0.0729. The molecule has 7 heteroatoms. The molecule has 0 N–H and O–H groups in total. The molecular formula is C25H31N3O2S2. The van der Waals surface area contributed by atoms with Crippen LogP contribution in [-0.4, -0.2) is 39.3 Å². The Kier molecular flexibility index (Phi) is 7.36. The Morgan fingerprint density at radius 3 is 2.53 bits per heavy atom. The summed E-state index contributed by atoms with van der Waals surface area (Å²) in [6, 6.07) is 8.12. The maximum Gasteiger partial charge on any atom is 0.266 e. The van der Waals surface area contributed by atoms with Crippen LogP contribution >= 0.6 is 24.0 Å². The van der Waals surface area contributed by atoms with Crippen molar-refractivity contribution in [1.82, 2.24) is 9.47 Å². The van der Waals surface area contributed by atoms with Crippen LogP contribution in [0.3, 0.4) is 0 Å². The van der Waals surface area contributed by atoms with Crippen molar-refractivity contribution in [3.05, 3.63) is 45.1 Å². The second-order valence-electron chi connectivity index (χ2n) is 8.42. The van der Waals surface area contributed by atoms with Crippen molar-refractivity contribution in [2.75, 3.05) is 24.5 Å². The number of aromatic nitrogens is 1. The van der Waals surface area contributed by atoms with Gasteiger partial charge in [-0.3, -0.25) is 14.5 Å². The highest BCUT2D eigenvalue weighted by Gasteiger charge is 2.32. The van der Waals surface area contributed by atoms with Gasteiger partial charge in [-0.15, -0.1) is 0 Å². The molecule has 5 nitrogen and oxygen atoms in total. The summed E-state index contributed by atoms with van der Waals surface area (Å²) in [4.78, 5) is 31.4. The van der Waals surface area contributed by atoms with Crippen LogP contribution in [0.5, 0.6) is 0 Å². The van der Waals surface area contributed by atoms with Crippen LogP contribution < -0.4 is 10.5 Å². The van der Waals surface area contributed by atoms with E-state index in [1.807, 2.05) is 35.8 Å². The number of thioether (sulfide) groups is 1. The van der Waals surface area contributed by atoms with Gasteiger partial charge in [-0.05, 0) is 44.7 Å². The summed E-state index contributed by atoms with van der Waals surface area (Å²) in [5.41, 5.74) is 2.49. The second-order valence-corrected chi connectivity index (χ2v) is 10.1. The number of benzene rings is 1. The molecule has 2 aromatic rings. The zero-order valence-corrected chi connectivity index (χ0v) is 20.6. The first-order valence-electron chi connectivity index (χ1n) is 11.7. The van der Waals surface area contributed by atoms with Gasteiger partial charge in [0.25, 0.3) is 11.5 Å². The van der Waals surface area contributed by atoms with Gasteiger partial charge < -0.3 is 9.47 Å². The number of anilines is 1. The molecule has 4 rings (SSSR count). The molecule has 0 bridgehead atoms. The Morgan fingerprint density at radius 1 is 1.06 bits per heavy atom. The standard InChI is InChI=1S/C25H31N3O2S2/c1-3-5-9-16-28-24(30)21(32-25(28)31)17-19-22(26-14-10-6-11-15-26)18-12-7-8-13-20(18)27(4-2)23(19)29/h7-8,12-13,17H,3-6,9-11,14-16H2,1-2H3. The molecule has 0 aliphatic carbocycles. The predicted octanol–water partition coefficient (Wildman–Crippen LogP) is 5.40. The van der Waals surface area contributed by atoms with Crippen LogP contribution in [0.2, 0.25) is 0 Å². The summed E-state index contributed by atoms with van der Waals surface area (Å²) in [7, 11) is 0. The number of rotatable bonds is 7. The van der Waals surface area contributed by atoms with Crippen LogP contribution in [0.1, 0.15) is 57.9 Å². The minimum Gasteiger partial charge on any atom is -0.370 e. The van der Waals surface area contributed by atoms with Crippen molar-refractivity contribution in [2.45, 2.75) is 58.9 Å². The minimum absolute atomic E-state index is 0.0389. The van der Waals surface area contributed by atoms with Crippen molar-refractivity contribution in [2.24, 2.45) is 0 Å². The van der Waals surface area contributed by atoms with E-state index in [-0.39, 0.29) is 11.5 Å².